The van der Waals surface area contributed by atoms with Crippen LogP contribution in [0.1, 0.15) is 0 Å². The van der Waals surface area contributed by atoms with Gasteiger partial charge < -0.3 is 4.42 Å². The molecule has 0 saturated heterocycles. The Morgan fingerprint density at radius 2 is 0.963 bits per heavy atom. The van der Waals surface area contributed by atoms with E-state index >= 15 is 0 Å². The van der Waals surface area contributed by atoms with Crippen molar-refractivity contribution in [1.29, 1.82) is 0 Å². The fourth-order valence-electron chi connectivity index (χ4n) is 8.73. The second kappa shape index (κ2) is 11.1. The second-order valence-electron chi connectivity index (χ2n) is 14.1. The zero-order valence-corrected chi connectivity index (χ0v) is 29.0. The highest BCUT2D eigenvalue weighted by Crippen LogP contribution is 2.45. The van der Waals surface area contributed by atoms with Crippen LogP contribution in [0.5, 0.6) is 0 Å². The Kier molecular flexibility index (Phi) is 6.02. The fourth-order valence-corrected chi connectivity index (χ4v) is 8.73. The minimum Gasteiger partial charge on any atom is -0.436 e. The Morgan fingerprint density at radius 1 is 0.389 bits per heavy atom. The number of aromatic nitrogens is 3. The van der Waals surface area contributed by atoms with E-state index in [2.05, 4.69) is 156 Å². The van der Waals surface area contributed by atoms with Crippen LogP contribution in [0.4, 0.5) is 0 Å². The molecule has 0 amide bonds. The van der Waals surface area contributed by atoms with E-state index in [1.807, 2.05) is 24.3 Å². The average Bonchev–Trinajstić information content (AvgIpc) is 3.77. The van der Waals surface area contributed by atoms with Gasteiger partial charge in [0.1, 0.15) is 16.8 Å². The molecule has 0 saturated carbocycles. The predicted octanol–water partition coefficient (Wildman–Crippen LogP) is 13.4. The molecule has 0 unspecified atom stereocenters. The maximum atomic E-state index is 6.38. The minimum absolute atomic E-state index is 0.524. The van der Waals surface area contributed by atoms with Gasteiger partial charge in [-0.2, -0.15) is 0 Å². The van der Waals surface area contributed by atoms with Crippen LogP contribution in [-0.4, -0.2) is 14.5 Å². The van der Waals surface area contributed by atoms with Gasteiger partial charge >= 0.3 is 0 Å². The summed E-state index contributed by atoms with van der Waals surface area (Å²) in [4.78, 5) is 10.9. The van der Waals surface area contributed by atoms with Crippen LogP contribution in [0, 0.1) is 0 Å². The van der Waals surface area contributed by atoms with Gasteiger partial charge in [0.05, 0.1) is 11.0 Å². The summed E-state index contributed by atoms with van der Waals surface area (Å²) in [6, 6.07) is 62.7. The summed E-state index contributed by atoms with van der Waals surface area (Å²) in [7, 11) is 0. The Hall–Kier alpha value is -7.30. The third kappa shape index (κ3) is 4.13. The summed E-state index contributed by atoms with van der Waals surface area (Å²) < 4.78 is 8.72. The van der Waals surface area contributed by atoms with Crippen molar-refractivity contribution in [2.45, 2.75) is 0 Å². The molecule has 0 fully saturated rings. The van der Waals surface area contributed by atoms with Crippen LogP contribution < -0.4 is 0 Å². The van der Waals surface area contributed by atoms with Gasteiger partial charge in [-0.05, 0) is 79.2 Å². The van der Waals surface area contributed by atoms with Crippen LogP contribution in [0.15, 0.2) is 180 Å². The van der Waals surface area contributed by atoms with Gasteiger partial charge in [0, 0.05) is 27.1 Å². The number of para-hydroxylation sites is 1. The first-order chi connectivity index (χ1) is 26.8. The monoisotopic (exact) mass is 687 g/mol. The lowest BCUT2D eigenvalue weighted by atomic mass is 9.91. The molecule has 0 aliphatic heterocycles. The molecule has 0 atom stereocenters. The molecular weight excluding hydrogens is 659 g/mol. The Bertz CT molecular complexity index is 3450. The molecule has 250 valence electrons. The van der Waals surface area contributed by atoms with E-state index in [0.29, 0.717) is 5.71 Å². The Balaban J connectivity index is 1.26. The third-order valence-corrected chi connectivity index (χ3v) is 11.2. The molecule has 0 N–H and O–H groups in total. The first-order valence-corrected chi connectivity index (χ1v) is 18.3. The number of rotatable bonds is 3. The number of benzene rings is 9. The summed E-state index contributed by atoms with van der Waals surface area (Å²) in [5, 5.41) is 13.2. The van der Waals surface area contributed by atoms with Crippen LogP contribution in [0.2, 0.25) is 0 Å². The SMILES string of the molecule is c1ccc(-c2ccc(-c3nc4oc5ccccc5c4nc3-n3c4cc5ccccc5cc4c4c5c6ccccc6c6ccccc6c5ccc43)cc2)cc1. The second-order valence-corrected chi connectivity index (χ2v) is 14.1. The first-order valence-electron chi connectivity index (χ1n) is 18.3. The van der Waals surface area contributed by atoms with Gasteiger partial charge in [0.25, 0.3) is 0 Å². The summed E-state index contributed by atoms with van der Waals surface area (Å²) in [5.74, 6) is 0.765. The highest BCUT2D eigenvalue weighted by Gasteiger charge is 2.24. The lowest BCUT2D eigenvalue weighted by Crippen LogP contribution is -2.03. The number of hydrogen-bond acceptors (Lipinski definition) is 3. The van der Waals surface area contributed by atoms with Crippen molar-refractivity contribution in [3.05, 3.63) is 176 Å². The zero-order valence-electron chi connectivity index (χ0n) is 29.0. The molecule has 0 aliphatic rings. The maximum Gasteiger partial charge on any atom is 0.247 e. The van der Waals surface area contributed by atoms with Gasteiger partial charge in [-0.25, -0.2) is 9.97 Å². The smallest absolute Gasteiger partial charge is 0.247 e. The fraction of sp³-hybridized carbons (Fsp3) is 0. The van der Waals surface area contributed by atoms with Crippen molar-refractivity contribution < 1.29 is 4.42 Å². The zero-order chi connectivity index (χ0) is 35.3. The van der Waals surface area contributed by atoms with E-state index in [4.69, 9.17) is 14.4 Å². The summed E-state index contributed by atoms with van der Waals surface area (Å²) in [6.07, 6.45) is 0. The average molecular weight is 688 g/mol. The van der Waals surface area contributed by atoms with Crippen LogP contribution in [0.3, 0.4) is 0 Å². The quantitative estimate of drug-likeness (QED) is 0.174. The van der Waals surface area contributed by atoms with Gasteiger partial charge in [0.2, 0.25) is 5.71 Å². The lowest BCUT2D eigenvalue weighted by molar-refractivity contribution is 0.653. The molecule has 12 rings (SSSR count). The van der Waals surface area contributed by atoms with Crippen molar-refractivity contribution in [1.82, 2.24) is 14.5 Å². The number of nitrogens with zero attached hydrogens (tertiary/aromatic N) is 3. The molecular formula is C50H29N3O. The van der Waals surface area contributed by atoms with Crippen molar-refractivity contribution in [2.24, 2.45) is 0 Å². The molecule has 4 heteroatoms. The van der Waals surface area contributed by atoms with Crippen molar-refractivity contribution >= 4 is 87.1 Å². The summed E-state index contributed by atoms with van der Waals surface area (Å²) in [6.45, 7) is 0. The largest absolute Gasteiger partial charge is 0.436 e. The molecule has 0 spiro atoms. The molecule has 3 aromatic heterocycles. The minimum atomic E-state index is 0.524. The lowest BCUT2D eigenvalue weighted by Gasteiger charge is -2.14. The molecule has 12 aromatic rings. The maximum absolute atomic E-state index is 6.38. The van der Waals surface area contributed by atoms with Gasteiger partial charge in [-0.15, -0.1) is 0 Å². The Morgan fingerprint density at radius 3 is 1.72 bits per heavy atom. The molecule has 3 heterocycles. The van der Waals surface area contributed by atoms with E-state index in [1.54, 1.807) is 0 Å². The topological polar surface area (TPSA) is 43.9 Å². The van der Waals surface area contributed by atoms with E-state index in [9.17, 15) is 0 Å². The Labute approximate surface area is 309 Å². The van der Waals surface area contributed by atoms with Crippen LogP contribution in [-0.2, 0) is 0 Å². The van der Waals surface area contributed by atoms with E-state index < -0.39 is 0 Å². The normalized spacial score (nSPS) is 12.1. The van der Waals surface area contributed by atoms with E-state index in [1.165, 1.54) is 59.4 Å². The number of hydrogen-bond donors (Lipinski definition) is 0. The van der Waals surface area contributed by atoms with Crippen molar-refractivity contribution in [3.63, 3.8) is 0 Å². The van der Waals surface area contributed by atoms with Gasteiger partial charge in [-0.1, -0.05) is 146 Å². The first kappa shape index (κ1) is 29.3. The van der Waals surface area contributed by atoms with Crippen molar-refractivity contribution in [3.8, 4) is 28.2 Å². The summed E-state index contributed by atoms with van der Waals surface area (Å²) in [5.41, 5.74) is 8.25. The van der Waals surface area contributed by atoms with Gasteiger partial charge in [0.15, 0.2) is 5.82 Å². The molecule has 0 bridgehead atoms. The molecule has 0 radical (unpaired) electrons. The van der Waals surface area contributed by atoms with E-state index in [-0.39, 0.29) is 0 Å². The standard InChI is InChI=1S/C50H29N3O/c1-2-12-30(13-3-1)31-22-24-32(25-23-31)47-49(51-48-40-20-10-11-21-44(40)54-50(48)52-47)53-42-27-26-39-37-18-7-6-16-35(37)36-17-8-9-19-38(36)45(39)46(42)41-28-33-14-4-5-15-34(33)29-43(41)53/h1-29H. The highest BCUT2D eigenvalue weighted by atomic mass is 16.3. The molecule has 4 nitrogen and oxygen atoms in total. The number of fused-ring (bicyclic) bond motifs is 14. The van der Waals surface area contributed by atoms with Crippen LogP contribution in [0.25, 0.3) is 115 Å². The molecule has 0 aliphatic carbocycles. The van der Waals surface area contributed by atoms with Gasteiger partial charge in [-0.3, -0.25) is 4.57 Å². The molecule has 54 heavy (non-hydrogen) atoms. The molecule has 9 aromatic carbocycles. The highest BCUT2D eigenvalue weighted by molar-refractivity contribution is 6.35. The number of furan rings is 1. The predicted molar refractivity (Wildman–Crippen MR) is 225 cm³/mol. The van der Waals surface area contributed by atoms with E-state index in [0.717, 1.165) is 50.2 Å². The summed E-state index contributed by atoms with van der Waals surface area (Å²) >= 11 is 0. The van der Waals surface area contributed by atoms with Crippen LogP contribution >= 0.6 is 0 Å². The third-order valence-electron chi connectivity index (χ3n) is 11.2. The van der Waals surface area contributed by atoms with Crippen molar-refractivity contribution in [2.75, 3.05) is 0 Å².